The first-order valence-corrected chi connectivity index (χ1v) is 7.84. The van der Waals surface area contributed by atoms with E-state index in [0.717, 1.165) is 12.8 Å². The molecule has 1 fully saturated rings. The summed E-state index contributed by atoms with van der Waals surface area (Å²) in [5, 5.41) is 0.355. The first kappa shape index (κ1) is 14.6. The molecule has 1 aromatic carbocycles. The maximum atomic E-state index is 12.6. The molecule has 0 amide bonds. The van der Waals surface area contributed by atoms with E-state index in [0.29, 0.717) is 18.2 Å². The summed E-state index contributed by atoms with van der Waals surface area (Å²) in [6.07, 6.45) is 1.79. The second kappa shape index (κ2) is 5.66. The third-order valence-electron chi connectivity index (χ3n) is 3.04. The molecule has 0 aliphatic heterocycles. The molecular weight excluding hydrogens is 288 g/mol. The number of ether oxygens (including phenoxy) is 1. The van der Waals surface area contributed by atoms with Crippen LogP contribution in [0.3, 0.4) is 0 Å². The number of anilines is 1. The number of nitrogens with zero attached hydrogens (tertiary/aromatic N) is 1. The average molecular weight is 305 g/mol. The summed E-state index contributed by atoms with van der Waals surface area (Å²) < 4.78 is 31.6. The van der Waals surface area contributed by atoms with Crippen LogP contribution in [0.25, 0.3) is 0 Å². The first-order valence-electron chi connectivity index (χ1n) is 6.02. The lowest BCUT2D eigenvalue weighted by atomic mass is 10.3. The van der Waals surface area contributed by atoms with Crippen LogP contribution in [0, 0.1) is 0 Å². The summed E-state index contributed by atoms with van der Waals surface area (Å²) in [6, 6.07) is 4.47. The Morgan fingerprint density at radius 1 is 1.47 bits per heavy atom. The minimum Gasteiger partial charge on any atom is -0.397 e. The van der Waals surface area contributed by atoms with Crippen molar-refractivity contribution in [2.45, 2.75) is 23.8 Å². The zero-order chi connectivity index (χ0) is 14.0. The van der Waals surface area contributed by atoms with Crippen molar-refractivity contribution in [2.24, 2.45) is 0 Å². The van der Waals surface area contributed by atoms with Crippen LogP contribution in [0.1, 0.15) is 12.8 Å². The molecule has 1 aliphatic carbocycles. The van der Waals surface area contributed by atoms with Gasteiger partial charge >= 0.3 is 0 Å². The Kier molecular flexibility index (Phi) is 4.35. The summed E-state index contributed by atoms with van der Waals surface area (Å²) in [5.41, 5.74) is 5.94. The zero-order valence-corrected chi connectivity index (χ0v) is 12.2. The molecule has 0 bridgehead atoms. The van der Waals surface area contributed by atoms with Crippen molar-refractivity contribution in [3.63, 3.8) is 0 Å². The predicted molar refractivity (Wildman–Crippen MR) is 74.7 cm³/mol. The molecule has 1 aliphatic rings. The number of rotatable bonds is 6. The summed E-state index contributed by atoms with van der Waals surface area (Å²) in [6.45, 7) is 0.727. The Morgan fingerprint density at radius 2 is 2.16 bits per heavy atom. The highest BCUT2D eigenvalue weighted by Crippen LogP contribution is 2.33. The molecule has 1 saturated carbocycles. The van der Waals surface area contributed by atoms with Crippen molar-refractivity contribution >= 4 is 27.3 Å². The molecule has 0 heterocycles. The molecule has 1 aromatic rings. The quantitative estimate of drug-likeness (QED) is 0.812. The van der Waals surface area contributed by atoms with Gasteiger partial charge < -0.3 is 10.5 Å². The second-order valence-electron chi connectivity index (χ2n) is 4.52. The maximum absolute atomic E-state index is 12.6. The zero-order valence-electron chi connectivity index (χ0n) is 10.7. The SMILES string of the molecule is COCCN(C1CC1)S(=O)(=O)c1ccc(Cl)c(N)c1. The van der Waals surface area contributed by atoms with Crippen molar-refractivity contribution in [3.8, 4) is 0 Å². The van der Waals surface area contributed by atoms with Gasteiger partial charge in [-0.1, -0.05) is 11.6 Å². The number of methoxy groups -OCH3 is 1. The molecular formula is C12H17ClN2O3S. The molecule has 2 N–H and O–H groups in total. The van der Waals surface area contributed by atoms with Crippen molar-refractivity contribution in [2.75, 3.05) is 26.0 Å². The molecule has 2 rings (SSSR count). The Labute approximate surface area is 118 Å². The van der Waals surface area contributed by atoms with Crippen LogP contribution >= 0.6 is 11.6 Å². The van der Waals surface area contributed by atoms with Crippen LogP contribution in [0.5, 0.6) is 0 Å². The minimum atomic E-state index is -3.53. The molecule has 0 radical (unpaired) electrons. The standard InChI is InChI=1S/C12H17ClN2O3S/c1-18-7-6-15(9-2-3-9)19(16,17)10-4-5-11(13)12(14)8-10/h4-5,8-9H,2-3,6-7,14H2,1H3. The van der Waals surface area contributed by atoms with Crippen molar-refractivity contribution in [1.29, 1.82) is 0 Å². The van der Waals surface area contributed by atoms with E-state index < -0.39 is 10.0 Å². The van der Waals surface area contributed by atoms with Gasteiger partial charge in [0.15, 0.2) is 0 Å². The van der Waals surface area contributed by atoms with Gasteiger partial charge in [-0.3, -0.25) is 0 Å². The summed E-state index contributed by atoms with van der Waals surface area (Å²) in [7, 11) is -1.98. The van der Waals surface area contributed by atoms with Gasteiger partial charge in [-0.05, 0) is 31.0 Å². The van der Waals surface area contributed by atoms with Crippen molar-refractivity contribution < 1.29 is 13.2 Å². The molecule has 19 heavy (non-hydrogen) atoms. The summed E-state index contributed by atoms with van der Waals surface area (Å²) in [5.74, 6) is 0. The smallest absolute Gasteiger partial charge is 0.243 e. The maximum Gasteiger partial charge on any atom is 0.243 e. The topological polar surface area (TPSA) is 72.6 Å². The van der Waals surface area contributed by atoms with Crippen LogP contribution in [0.2, 0.25) is 5.02 Å². The van der Waals surface area contributed by atoms with Crippen LogP contribution in [-0.2, 0) is 14.8 Å². The summed E-state index contributed by atoms with van der Waals surface area (Å²) in [4.78, 5) is 0.178. The van der Waals surface area contributed by atoms with Gasteiger partial charge in [-0.25, -0.2) is 8.42 Å². The Balaban J connectivity index is 2.30. The average Bonchev–Trinajstić information content (AvgIpc) is 3.17. The van der Waals surface area contributed by atoms with Crippen molar-refractivity contribution in [1.82, 2.24) is 4.31 Å². The predicted octanol–water partition coefficient (Wildman–Crippen LogP) is 1.72. The largest absolute Gasteiger partial charge is 0.397 e. The van der Waals surface area contributed by atoms with Gasteiger partial charge in [0.25, 0.3) is 0 Å². The minimum absolute atomic E-state index is 0.0806. The number of nitrogen functional groups attached to an aromatic ring is 1. The monoisotopic (exact) mass is 304 g/mol. The Morgan fingerprint density at radius 3 is 2.68 bits per heavy atom. The van der Waals surface area contributed by atoms with Gasteiger partial charge in [-0.2, -0.15) is 4.31 Å². The van der Waals surface area contributed by atoms with Crippen LogP contribution in [0.4, 0.5) is 5.69 Å². The molecule has 5 nitrogen and oxygen atoms in total. The molecule has 0 spiro atoms. The van der Waals surface area contributed by atoms with E-state index in [4.69, 9.17) is 22.1 Å². The van der Waals surface area contributed by atoms with Crippen LogP contribution in [-0.4, -0.2) is 39.0 Å². The molecule has 0 unspecified atom stereocenters. The Hall–Kier alpha value is -0.820. The molecule has 0 atom stereocenters. The number of hydrogen-bond donors (Lipinski definition) is 1. The van der Waals surface area contributed by atoms with Crippen LogP contribution in [0.15, 0.2) is 23.1 Å². The number of nitrogens with two attached hydrogens (primary N) is 1. The van der Waals surface area contributed by atoms with Gasteiger partial charge in [-0.15, -0.1) is 0 Å². The number of hydrogen-bond acceptors (Lipinski definition) is 4. The normalized spacial score (nSPS) is 15.9. The molecule has 0 aromatic heterocycles. The molecule has 106 valence electrons. The third kappa shape index (κ3) is 3.20. The van der Waals surface area contributed by atoms with E-state index in [9.17, 15) is 8.42 Å². The fourth-order valence-electron chi connectivity index (χ4n) is 1.86. The van der Waals surface area contributed by atoms with E-state index in [-0.39, 0.29) is 16.6 Å². The Bertz CT molecular complexity index is 558. The fourth-order valence-corrected chi connectivity index (χ4v) is 3.68. The highest BCUT2D eigenvalue weighted by atomic mass is 35.5. The highest BCUT2D eigenvalue weighted by Gasteiger charge is 2.37. The number of benzene rings is 1. The van der Waals surface area contributed by atoms with E-state index in [1.807, 2.05) is 0 Å². The lowest BCUT2D eigenvalue weighted by molar-refractivity contribution is 0.177. The van der Waals surface area contributed by atoms with E-state index in [1.54, 1.807) is 7.11 Å². The fraction of sp³-hybridized carbons (Fsp3) is 0.500. The number of sulfonamides is 1. The van der Waals surface area contributed by atoms with E-state index >= 15 is 0 Å². The van der Waals surface area contributed by atoms with Crippen molar-refractivity contribution in [3.05, 3.63) is 23.2 Å². The van der Waals surface area contributed by atoms with E-state index in [2.05, 4.69) is 0 Å². The molecule has 7 heteroatoms. The van der Waals surface area contributed by atoms with Gasteiger partial charge in [0, 0.05) is 19.7 Å². The number of halogens is 1. The highest BCUT2D eigenvalue weighted by molar-refractivity contribution is 7.89. The second-order valence-corrected chi connectivity index (χ2v) is 6.82. The van der Waals surface area contributed by atoms with Gasteiger partial charge in [0.1, 0.15) is 0 Å². The van der Waals surface area contributed by atoms with Gasteiger partial charge in [0.05, 0.1) is 22.2 Å². The first-order chi connectivity index (χ1) is 8.96. The summed E-state index contributed by atoms with van der Waals surface area (Å²) >= 11 is 5.82. The lowest BCUT2D eigenvalue weighted by Gasteiger charge is -2.21. The van der Waals surface area contributed by atoms with E-state index in [1.165, 1.54) is 22.5 Å². The van der Waals surface area contributed by atoms with Crippen LogP contribution < -0.4 is 5.73 Å². The lowest BCUT2D eigenvalue weighted by Crippen LogP contribution is -2.35. The third-order valence-corrected chi connectivity index (χ3v) is 5.34. The van der Waals surface area contributed by atoms with Gasteiger partial charge in [0.2, 0.25) is 10.0 Å². The molecule has 0 saturated heterocycles.